The molecule has 2 aromatic heterocycles. The highest BCUT2D eigenvalue weighted by molar-refractivity contribution is 6.30. The molecular weight excluding hydrogens is 486 g/mol. The van der Waals surface area contributed by atoms with Gasteiger partial charge < -0.3 is 28.8 Å². The van der Waals surface area contributed by atoms with E-state index in [1.807, 2.05) is 25.1 Å². The molecule has 2 aliphatic heterocycles. The van der Waals surface area contributed by atoms with Crippen molar-refractivity contribution in [2.24, 2.45) is 0 Å². The summed E-state index contributed by atoms with van der Waals surface area (Å²) < 4.78 is 22.9. The highest BCUT2D eigenvalue weighted by atomic mass is 35.5. The second-order valence-corrected chi connectivity index (χ2v) is 9.24. The number of cyclic esters (lactones) is 1. The van der Waals surface area contributed by atoms with Gasteiger partial charge in [0, 0.05) is 37.0 Å². The van der Waals surface area contributed by atoms with E-state index in [4.69, 9.17) is 30.2 Å². The van der Waals surface area contributed by atoms with Gasteiger partial charge in [-0.15, -0.1) is 0 Å². The molecule has 0 spiro atoms. The van der Waals surface area contributed by atoms with Crippen LogP contribution in [0.5, 0.6) is 11.6 Å². The molecule has 10 heteroatoms. The molecule has 3 aromatic rings. The zero-order valence-electron chi connectivity index (χ0n) is 20.0. The van der Waals surface area contributed by atoms with Crippen molar-refractivity contribution < 1.29 is 28.2 Å². The minimum atomic E-state index is -0.356. The van der Waals surface area contributed by atoms with Gasteiger partial charge in [0.2, 0.25) is 5.88 Å². The lowest BCUT2D eigenvalue weighted by Crippen LogP contribution is -2.44. The lowest BCUT2D eigenvalue weighted by Gasteiger charge is -2.32. The predicted octanol–water partition coefficient (Wildman–Crippen LogP) is 4.60. The summed E-state index contributed by atoms with van der Waals surface area (Å²) in [6.45, 7) is 3.04. The second kappa shape index (κ2) is 10.1. The Hall–Kier alpha value is -3.72. The Morgan fingerprint density at radius 3 is 2.78 bits per heavy atom. The van der Waals surface area contributed by atoms with Gasteiger partial charge in [-0.1, -0.05) is 23.7 Å². The Labute approximate surface area is 213 Å². The summed E-state index contributed by atoms with van der Waals surface area (Å²) in [5.41, 5.74) is 1.58. The number of amides is 2. The molecule has 2 fully saturated rings. The highest BCUT2D eigenvalue weighted by Gasteiger charge is 2.39. The van der Waals surface area contributed by atoms with Crippen LogP contribution >= 0.6 is 11.6 Å². The molecular formula is C26H26ClN3O6. The van der Waals surface area contributed by atoms with Crippen LogP contribution in [0.4, 0.5) is 4.79 Å². The molecule has 4 heterocycles. The maximum Gasteiger partial charge on any atom is 0.410 e. The van der Waals surface area contributed by atoms with E-state index in [1.54, 1.807) is 29.2 Å². The number of methoxy groups -OCH3 is 1. The predicted molar refractivity (Wildman–Crippen MR) is 131 cm³/mol. The summed E-state index contributed by atoms with van der Waals surface area (Å²) in [6, 6.07) is 12.5. The Bertz CT molecular complexity index is 1280. The van der Waals surface area contributed by atoms with Gasteiger partial charge in [-0.25, -0.2) is 9.78 Å². The molecule has 0 radical (unpaired) electrons. The monoisotopic (exact) mass is 511 g/mol. The van der Waals surface area contributed by atoms with Crippen molar-refractivity contribution in [3.8, 4) is 23.1 Å². The van der Waals surface area contributed by atoms with E-state index in [1.165, 1.54) is 7.11 Å². The van der Waals surface area contributed by atoms with Crippen molar-refractivity contribution in [3.63, 3.8) is 0 Å². The number of halogens is 1. The van der Waals surface area contributed by atoms with E-state index < -0.39 is 0 Å². The van der Waals surface area contributed by atoms with Gasteiger partial charge >= 0.3 is 6.09 Å². The van der Waals surface area contributed by atoms with Crippen LogP contribution in [0.1, 0.15) is 34.5 Å². The van der Waals surface area contributed by atoms with Crippen LogP contribution in [-0.4, -0.2) is 54.3 Å². The van der Waals surface area contributed by atoms with Crippen molar-refractivity contribution in [1.29, 1.82) is 0 Å². The van der Waals surface area contributed by atoms with Crippen LogP contribution in [-0.2, 0) is 11.3 Å². The fourth-order valence-electron chi connectivity index (χ4n) is 4.45. The van der Waals surface area contributed by atoms with Gasteiger partial charge in [-0.05, 0) is 36.8 Å². The number of piperidine rings is 1. The molecule has 2 aliphatic rings. The van der Waals surface area contributed by atoms with E-state index in [9.17, 15) is 9.59 Å². The largest absolute Gasteiger partial charge is 0.488 e. The molecule has 5 rings (SSSR count). The number of nitrogens with one attached hydrogen (secondary N) is 1. The quantitative estimate of drug-likeness (QED) is 0.494. The first kappa shape index (κ1) is 24.0. The van der Waals surface area contributed by atoms with Crippen molar-refractivity contribution in [2.75, 3.05) is 20.3 Å². The van der Waals surface area contributed by atoms with Gasteiger partial charge in [-0.2, -0.15) is 0 Å². The Morgan fingerprint density at radius 1 is 1.25 bits per heavy atom. The lowest BCUT2D eigenvalue weighted by atomic mass is 10.0. The summed E-state index contributed by atoms with van der Waals surface area (Å²) in [7, 11) is 1.46. The number of hydrogen-bond donors (Lipinski definition) is 1. The van der Waals surface area contributed by atoms with E-state index in [0.717, 1.165) is 11.3 Å². The molecule has 1 N–H and O–H groups in total. The minimum absolute atomic E-state index is 0.0288. The lowest BCUT2D eigenvalue weighted by molar-refractivity contribution is 0.0912. The van der Waals surface area contributed by atoms with E-state index in [2.05, 4.69) is 10.3 Å². The van der Waals surface area contributed by atoms with Crippen LogP contribution < -0.4 is 14.8 Å². The number of ether oxygens (including phenoxy) is 3. The number of benzene rings is 1. The summed E-state index contributed by atoms with van der Waals surface area (Å²) in [6.07, 6.45) is 0.783. The molecule has 188 valence electrons. The first-order valence-electron chi connectivity index (χ1n) is 11.7. The Kier molecular flexibility index (Phi) is 6.73. The van der Waals surface area contributed by atoms with E-state index in [0.29, 0.717) is 54.8 Å². The standard InChI is InChI=1S/C26H26ClN3O6/c1-15-3-8-21(35-15)23-22(36-19-9-10-30-18(11-19)14-34-26(30)32)12-20(25(29-23)33-2)24(31)28-13-16-4-6-17(27)7-5-16/h3-8,12,18-19H,9-11,13-14H2,1-2H3,(H,28,31)/t18-,19-/m0/s1. The molecule has 9 nitrogen and oxygen atoms in total. The van der Waals surface area contributed by atoms with Crippen molar-refractivity contribution >= 4 is 23.6 Å². The average molecular weight is 512 g/mol. The van der Waals surface area contributed by atoms with E-state index in [-0.39, 0.29) is 35.6 Å². The molecule has 0 aliphatic carbocycles. The number of furan rings is 1. The van der Waals surface area contributed by atoms with Gasteiger partial charge in [0.05, 0.1) is 13.2 Å². The summed E-state index contributed by atoms with van der Waals surface area (Å²) in [5.74, 6) is 1.43. The number of aryl methyl sites for hydroxylation is 1. The second-order valence-electron chi connectivity index (χ2n) is 8.80. The number of carbonyl (C=O) groups is 2. The number of aromatic nitrogens is 1. The SMILES string of the molecule is COc1nc(-c2ccc(C)o2)c(O[C@H]2CCN3C(=O)OC[C@@H]3C2)cc1C(=O)NCc1ccc(Cl)cc1. The smallest absolute Gasteiger partial charge is 0.410 e. The van der Waals surface area contributed by atoms with Gasteiger partial charge in [0.25, 0.3) is 5.91 Å². The maximum atomic E-state index is 13.1. The minimum Gasteiger partial charge on any atom is -0.488 e. The third-order valence-corrected chi connectivity index (χ3v) is 6.58. The van der Waals surface area contributed by atoms with Crippen LogP contribution in [0.2, 0.25) is 5.02 Å². The molecule has 0 saturated carbocycles. The van der Waals surface area contributed by atoms with Crippen molar-refractivity contribution in [2.45, 2.75) is 38.5 Å². The number of rotatable bonds is 7. The molecule has 36 heavy (non-hydrogen) atoms. The van der Waals surface area contributed by atoms with Crippen LogP contribution in [0.3, 0.4) is 0 Å². The molecule has 2 atom stereocenters. The molecule has 0 unspecified atom stereocenters. The number of nitrogens with zero attached hydrogens (tertiary/aromatic N) is 2. The summed E-state index contributed by atoms with van der Waals surface area (Å²) in [4.78, 5) is 31.3. The van der Waals surface area contributed by atoms with Crippen LogP contribution in [0.15, 0.2) is 46.9 Å². The molecule has 2 amide bonds. The van der Waals surface area contributed by atoms with Crippen molar-refractivity contribution in [3.05, 3.63) is 64.4 Å². The number of pyridine rings is 1. The Balaban J connectivity index is 1.42. The van der Waals surface area contributed by atoms with Crippen LogP contribution in [0.25, 0.3) is 11.5 Å². The average Bonchev–Trinajstić information content (AvgIpc) is 3.48. The topological polar surface area (TPSA) is 103 Å². The van der Waals surface area contributed by atoms with E-state index >= 15 is 0 Å². The van der Waals surface area contributed by atoms with Gasteiger partial charge in [0.1, 0.15) is 29.8 Å². The fourth-order valence-corrected chi connectivity index (χ4v) is 4.58. The van der Waals surface area contributed by atoms with Gasteiger partial charge in [-0.3, -0.25) is 4.79 Å². The normalized spacial score (nSPS) is 19.0. The summed E-state index contributed by atoms with van der Waals surface area (Å²) in [5, 5.41) is 3.52. The number of fused-ring (bicyclic) bond motifs is 1. The maximum absolute atomic E-state index is 13.1. The third kappa shape index (κ3) is 4.97. The Morgan fingerprint density at radius 2 is 2.06 bits per heavy atom. The highest BCUT2D eigenvalue weighted by Crippen LogP contribution is 2.36. The number of carbonyl (C=O) groups excluding carboxylic acids is 2. The number of hydrogen-bond acceptors (Lipinski definition) is 7. The third-order valence-electron chi connectivity index (χ3n) is 6.33. The molecule has 2 saturated heterocycles. The first-order valence-corrected chi connectivity index (χ1v) is 12.1. The molecule has 1 aromatic carbocycles. The summed E-state index contributed by atoms with van der Waals surface area (Å²) >= 11 is 5.95. The zero-order chi connectivity index (χ0) is 25.2. The van der Waals surface area contributed by atoms with Crippen LogP contribution in [0, 0.1) is 6.92 Å². The first-order chi connectivity index (χ1) is 17.4. The fraction of sp³-hybridized carbons (Fsp3) is 0.346. The van der Waals surface area contributed by atoms with Crippen molar-refractivity contribution in [1.82, 2.24) is 15.2 Å². The zero-order valence-corrected chi connectivity index (χ0v) is 20.7. The van der Waals surface area contributed by atoms with Gasteiger partial charge in [0.15, 0.2) is 11.5 Å². The molecule has 0 bridgehead atoms.